The summed E-state index contributed by atoms with van der Waals surface area (Å²) < 4.78 is 4.83. The molecule has 15 heavy (non-hydrogen) atoms. The van der Waals surface area contributed by atoms with Crippen LogP contribution in [0.25, 0.3) is 0 Å². The number of carbonyl (C=O) groups excluding carboxylic acids is 1. The molecule has 0 saturated heterocycles. The van der Waals surface area contributed by atoms with E-state index < -0.39 is 0 Å². The number of ether oxygens (including phenoxy) is 1. The first-order valence-electron chi connectivity index (χ1n) is 5.50. The van der Waals surface area contributed by atoms with Crippen LogP contribution in [0.4, 0.5) is 0 Å². The Hall–Kier alpha value is -1.05. The van der Waals surface area contributed by atoms with E-state index >= 15 is 0 Å². The molecule has 0 N–H and O–H groups in total. The molecule has 0 bridgehead atoms. The lowest BCUT2D eigenvalue weighted by molar-refractivity contribution is -0.139. The molecule has 0 fully saturated rings. The van der Waals surface area contributed by atoms with Crippen molar-refractivity contribution in [2.45, 2.75) is 47.0 Å². The van der Waals surface area contributed by atoms with E-state index in [-0.39, 0.29) is 5.97 Å². The molecule has 0 unspecified atom stereocenters. The van der Waals surface area contributed by atoms with Crippen LogP contribution in [0.1, 0.15) is 47.0 Å². The Morgan fingerprint density at radius 1 is 1.13 bits per heavy atom. The largest absolute Gasteiger partial charge is 0.462 e. The molecule has 0 aliphatic heterocycles. The van der Waals surface area contributed by atoms with Crippen molar-refractivity contribution in [2.75, 3.05) is 6.61 Å². The molecule has 0 atom stereocenters. The summed E-state index contributed by atoms with van der Waals surface area (Å²) in [6, 6.07) is 0. The fraction of sp³-hybridized carbons (Fsp3) is 0.615. The zero-order valence-electron chi connectivity index (χ0n) is 10.3. The number of allylic oxidation sites excluding steroid dienone is 3. The van der Waals surface area contributed by atoms with Crippen molar-refractivity contribution in [3.8, 4) is 0 Å². The van der Waals surface area contributed by atoms with Gasteiger partial charge in [-0.2, -0.15) is 0 Å². The van der Waals surface area contributed by atoms with E-state index in [2.05, 4.69) is 26.8 Å². The van der Waals surface area contributed by atoms with Crippen LogP contribution in [0, 0.1) is 0 Å². The first-order chi connectivity index (χ1) is 7.06. The van der Waals surface area contributed by atoms with Crippen molar-refractivity contribution in [3.05, 3.63) is 23.3 Å². The van der Waals surface area contributed by atoms with Gasteiger partial charge in [-0.05, 0) is 39.2 Å². The summed E-state index contributed by atoms with van der Waals surface area (Å²) in [5, 5.41) is 0. The molecule has 0 radical (unpaired) electrons. The molecule has 0 aromatic carbocycles. The van der Waals surface area contributed by atoms with Crippen LogP contribution >= 0.6 is 0 Å². The van der Waals surface area contributed by atoms with Crippen molar-refractivity contribution in [2.24, 2.45) is 0 Å². The summed E-state index contributed by atoms with van der Waals surface area (Å²) in [7, 11) is 0. The van der Waals surface area contributed by atoms with Crippen LogP contribution in [0.5, 0.6) is 0 Å². The van der Waals surface area contributed by atoms with Gasteiger partial charge in [0.05, 0.1) is 0 Å². The molecule has 0 rings (SSSR count). The molecule has 2 heteroatoms. The van der Waals surface area contributed by atoms with Gasteiger partial charge in [-0.15, -0.1) is 0 Å². The number of esters is 1. The number of hydrogen-bond donors (Lipinski definition) is 0. The topological polar surface area (TPSA) is 26.3 Å². The Balaban J connectivity index is 3.73. The summed E-state index contributed by atoms with van der Waals surface area (Å²) in [6.07, 6.45) is 7.47. The maximum atomic E-state index is 10.5. The summed E-state index contributed by atoms with van der Waals surface area (Å²) in [4.78, 5) is 10.5. The highest BCUT2D eigenvalue weighted by molar-refractivity contribution is 5.66. The highest BCUT2D eigenvalue weighted by atomic mass is 16.5. The monoisotopic (exact) mass is 210 g/mol. The quantitative estimate of drug-likeness (QED) is 0.494. The Morgan fingerprint density at radius 3 is 2.33 bits per heavy atom. The molecule has 86 valence electrons. The molecular weight excluding hydrogens is 188 g/mol. The summed E-state index contributed by atoms with van der Waals surface area (Å²) in [5.41, 5.74) is 2.71. The molecule has 0 aromatic heterocycles. The van der Waals surface area contributed by atoms with Gasteiger partial charge in [0, 0.05) is 6.92 Å². The number of rotatable bonds is 6. The van der Waals surface area contributed by atoms with Crippen molar-refractivity contribution in [1.29, 1.82) is 0 Å². The van der Waals surface area contributed by atoms with Crippen LogP contribution in [0.2, 0.25) is 0 Å². The predicted molar refractivity (Wildman–Crippen MR) is 63.7 cm³/mol. The molecule has 0 heterocycles. The second kappa shape index (κ2) is 8.27. The zero-order valence-corrected chi connectivity index (χ0v) is 10.3. The molecule has 0 amide bonds. The van der Waals surface area contributed by atoms with E-state index in [0.717, 1.165) is 19.3 Å². The van der Waals surface area contributed by atoms with Gasteiger partial charge in [-0.3, -0.25) is 4.79 Å². The summed E-state index contributed by atoms with van der Waals surface area (Å²) in [6.45, 7) is 8.21. The number of hydrogen-bond acceptors (Lipinski definition) is 2. The normalized spacial score (nSPS) is 12.8. The minimum absolute atomic E-state index is 0.222. The lowest BCUT2D eigenvalue weighted by Crippen LogP contribution is -1.98. The van der Waals surface area contributed by atoms with Gasteiger partial charge < -0.3 is 4.74 Å². The van der Waals surface area contributed by atoms with E-state index in [1.165, 1.54) is 18.1 Å². The van der Waals surface area contributed by atoms with Gasteiger partial charge >= 0.3 is 5.97 Å². The van der Waals surface area contributed by atoms with Gasteiger partial charge in [0.1, 0.15) is 6.61 Å². The Morgan fingerprint density at radius 2 is 1.80 bits per heavy atom. The SMILES string of the molecule is CCC(C)=CCCC(C)=CCOC(C)=O. The molecule has 0 saturated carbocycles. The van der Waals surface area contributed by atoms with Crippen molar-refractivity contribution in [1.82, 2.24) is 0 Å². The second-order valence-corrected chi connectivity index (χ2v) is 3.80. The fourth-order valence-corrected chi connectivity index (χ4v) is 1.09. The van der Waals surface area contributed by atoms with Crippen LogP contribution in [0.3, 0.4) is 0 Å². The average molecular weight is 210 g/mol. The highest BCUT2D eigenvalue weighted by Gasteiger charge is 1.92. The third-order valence-electron chi connectivity index (χ3n) is 2.31. The van der Waals surface area contributed by atoms with E-state index in [4.69, 9.17) is 4.74 Å². The lowest BCUT2D eigenvalue weighted by atomic mass is 10.1. The standard InChI is InChI=1S/C13H22O2/c1-5-11(2)7-6-8-12(3)9-10-15-13(4)14/h7,9H,5-6,8,10H2,1-4H3. The van der Waals surface area contributed by atoms with E-state index in [9.17, 15) is 4.79 Å². The maximum absolute atomic E-state index is 10.5. The van der Waals surface area contributed by atoms with E-state index in [1.807, 2.05) is 6.08 Å². The lowest BCUT2D eigenvalue weighted by Gasteiger charge is -2.00. The van der Waals surface area contributed by atoms with Gasteiger partial charge in [0.15, 0.2) is 0 Å². The fourth-order valence-electron chi connectivity index (χ4n) is 1.09. The van der Waals surface area contributed by atoms with Crippen LogP contribution < -0.4 is 0 Å². The van der Waals surface area contributed by atoms with Crippen LogP contribution in [0.15, 0.2) is 23.3 Å². The predicted octanol–water partition coefficient (Wildman–Crippen LogP) is 3.63. The van der Waals surface area contributed by atoms with Crippen LogP contribution in [-0.4, -0.2) is 12.6 Å². The smallest absolute Gasteiger partial charge is 0.302 e. The highest BCUT2D eigenvalue weighted by Crippen LogP contribution is 2.08. The Labute approximate surface area is 93.0 Å². The Bertz CT molecular complexity index is 249. The van der Waals surface area contributed by atoms with Crippen molar-refractivity contribution < 1.29 is 9.53 Å². The van der Waals surface area contributed by atoms with Crippen molar-refractivity contribution >= 4 is 5.97 Å². The van der Waals surface area contributed by atoms with Crippen LogP contribution in [-0.2, 0) is 9.53 Å². The third-order valence-corrected chi connectivity index (χ3v) is 2.31. The van der Waals surface area contributed by atoms with Gasteiger partial charge in [0.2, 0.25) is 0 Å². The Kier molecular flexibility index (Phi) is 7.69. The maximum Gasteiger partial charge on any atom is 0.302 e. The molecule has 0 aromatic rings. The van der Waals surface area contributed by atoms with Gasteiger partial charge in [0.25, 0.3) is 0 Å². The average Bonchev–Trinajstić information content (AvgIpc) is 2.17. The summed E-state index contributed by atoms with van der Waals surface area (Å²) >= 11 is 0. The van der Waals surface area contributed by atoms with Gasteiger partial charge in [-0.25, -0.2) is 0 Å². The summed E-state index contributed by atoms with van der Waals surface area (Å²) in [5.74, 6) is -0.222. The minimum Gasteiger partial charge on any atom is -0.462 e. The van der Waals surface area contributed by atoms with Crippen molar-refractivity contribution in [3.63, 3.8) is 0 Å². The zero-order chi connectivity index (χ0) is 11.7. The van der Waals surface area contributed by atoms with E-state index in [1.54, 1.807) is 0 Å². The first kappa shape index (κ1) is 13.9. The first-order valence-corrected chi connectivity index (χ1v) is 5.50. The molecular formula is C13H22O2. The third kappa shape index (κ3) is 9.26. The molecule has 0 aliphatic rings. The molecule has 0 spiro atoms. The van der Waals surface area contributed by atoms with Gasteiger partial charge in [-0.1, -0.05) is 24.1 Å². The molecule has 0 aliphatic carbocycles. The minimum atomic E-state index is -0.222. The second-order valence-electron chi connectivity index (χ2n) is 3.80. The van der Waals surface area contributed by atoms with E-state index in [0.29, 0.717) is 6.61 Å². The number of carbonyl (C=O) groups is 1. The molecule has 2 nitrogen and oxygen atoms in total.